The molecule has 8 heteroatoms. The van der Waals surface area contributed by atoms with Crippen LogP contribution in [0, 0.1) is 0 Å². The topological polar surface area (TPSA) is 87.2 Å². The molecule has 2 N–H and O–H groups in total. The number of nitrogen functional groups attached to an aromatic ring is 1. The molecule has 1 atom stereocenters. The standard InChI is InChI=1S/C11H13N3O3S2/c1-7(15)17-4-8-5-19-10(6-18-8)14-3-2-9(12)13-11(14)16/h2-3,5,10H,4,6H2,1H3,(H2,12,13,16). The maximum atomic E-state index is 11.7. The fourth-order valence-electron chi connectivity index (χ4n) is 1.45. The molecule has 19 heavy (non-hydrogen) atoms. The van der Waals surface area contributed by atoms with Gasteiger partial charge in [-0.05, 0) is 11.5 Å². The van der Waals surface area contributed by atoms with E-state index in [1.165, 1.54) is 18.7 Å². The van der Waals surface area contributed by atoms with Crippen LogP contribution in [0.25, 0.3) is 0 Å². The summed E-state index contributed by atoms with van der Waals surface area (Å²) in [5, 5.41) is 1.89. The molecule has 0 aromatic carbocycles. The van der Waals surface area contributed by atoms with Crippen LogP contribution in [0.3, 0.4) is 0 Å². The number of nitrogens with zero attached hydrogens (tertiary/aromatic N) is 2. The number of nitrogens with two attached hydrogens (primary N) is 1. The Kier molecular flexibility index (Phi) is 4.54. The zero-order chi connectivity index (χ0) is 13.8. The van der Waals surface area contributed by atoms with E-state index in [0.29, 0.717) is 5.75 Å². The van der Waals surface area contributed by atoms with Gasteiger partial charge in [0.05, 0.1) is 5.37 Å². The smallest absolute Gasteiger partial charge is 0.350 e. The summed E-state index contributed by atoms with van der Waals surface area (Å²) < 4.78 is 6.47. The molecule has 6 nitrogen and oxygen atoms in total. The highest BCUT2D eigenvalue weighted by molar-refractivity contribution is 8.09. The van der Waals surface area contributed by atoms with Crippen LogP contribution >= 0.6 is 23.5 Å². The van der Waals surface area contributed by atoms with Crippen LogP contribution in [0.4, 0.5) is 5.82 Å². The Bertz CT molecular complexity index is 571. The van der Waals surface area contributed by atoms with Gasteiger partial charge in [0.15, 0.2) is 0 Å². The average Bonchev–Trinajstić information content (AvgIpc) is 2.37. The maximum absolute atomic E-state index is 11.7. The Morgan fingerprint density at radius 2 is 2.47 bits per heavy atom. The van der Waals surface area contributed by atoms with Gasteiger partial charge in [-0.3, -0.25) is 9.36 Å². The van der Waals surface area contributed by atoms with Crippen LogP contribution < -0.4 is 11.4 Å². The van der Waals surface area contributed by atoms with Crippen molar-refractivity contribution in [2.75, 3.05) is 18.1 Å². The van der Waals surface area contributed by atoms with Crippen LogP contribution in [-0.2, 0) is 9.53 Å². The van der Waals surface area contributed by atoms with E-state index in [4.69, 9.17) is 10.5 Å². The van der Waals surface area contributed by atoms with E-state index in [2.05, 4.69) is 4.98 Å². The van der Waals surface area contributed by atoms with Crippen molar-refractivity contribution >= 4 is 35.3 Å². The summed E-state index contributed by atoms with van der Waals surface area (Å²) in [6, 6.07) is 1.60. The summed E-state index contributed by atoms with van der Waals surface area (Å²) >= 11 is 3.07. The predicted molar refractivity (Wildman–Crippen MR) is 76.7 cm³/mol. The number of rotatable bonds is 3. The number of hydrogen-bond donors (Lipinski definition) is 1. The van der Waals surface area contributed by atoms with E-state index in [9.17, 15) is 9.59 Å². The molecule has 0 fully saturated rings. The van der Waals surface area contributed by atoms with Crippen LogP contribution in [0.2, 0.25) is 0 Å². The normalized spacial score (nSPS) is 18.8. The molecule has 0 radical (unpaired) electrons. The summed E-state index contributed by atoms with van der Waals surface area (Å²) in [7, 11) is 0. The third-order valence-electron chi connectivity index (χ3n) is 2.35. The Morgan fingerprint density at radius 3 is 3.05 bits per heavy atom. The lowest BCUT2D eigenvalue weighted by Gasteiger charge is -2.22. The first-order chi connectivity index (χ1) is 9.06. The second-order valence-electron chi connectivity index (χ2n) is 3.81. The van der Waals surface area contributed by atoms with Crippen molar-refractivity contribution in [3.63, 3.8) is 0 Å². The molecule has 0 amide bonds. The summed E-state index contributed by atoms with van der Waals surface area (Å²) in [6.45, 7) is 1.66. The van der Waals surface area contributed by atoms with E-state index in [-0.39, 0.29) is 29.5 Å². The molecule has 2 heterocycles. The second kappa shape index (κ2) is 6.16. The molecular weight excluding hydrogens is 286 g/mol. The van der Waals surface area contributed by atoms with Crippen LogP contribution in [0.1, 0.15) is 12.3 Å². The molecule has 1 aliphatic heterocycles. The van der Waals surface area contributed by atoms with Crippen LogP contribution in [0.5, 0.6) is 0 Å². The zero-order valence-electron chi connectivity index (χ0n) is 10.2. The number of aromatic nitrogens is 2. The number of thioether (sulfide) groups is 2. The van der Waals surface area contributed by atoms with Crippen molar-refractivity contribution in [1.29, 1.82) is 0 Å². The number of carbonyl (C=O) groups is 1. The van der Waals surface area contributed by atoms with Gasteiger partial charge in [-0.25, -0.2) is 4.79 Å². The lowest BCUT2D eigenvalue weighted by Crippen LogP contribution is -2.27. The number of ether oxygens (including phenoxy) is 1. The Labute approximate surface area is 118 Å². The maximum Gasteiger partial charge on any atom is 0.350 e. The fraction of sp³-hybridized carbons (Fsp3) is 0.364. The molecule has 0 aliphatic carbocycles. The molecule has 2 rings (SSSR count). The molecule has 102 valence electrons. The van der Waals surface area contributed by atoms with Crippen LogP contribution in [0.15, 0.2) is 27.4 Å². The molecule has 1 aromatic rings. The first-order valence-electron chi connectivity index (χ1n) is 5.51. The quantitative estimate of drug-likeness (QED) is 0.839. The Hall–Kier alpha value is -1.41. The molecule has 1 aromatic heterocycles. The van der Waals surface area contributed by atoms with Gasteiger partial charge >= 0.3 is 11.7 Å². The minimum Gasteiger partial charge on any atom is -0.460 e. The van der Waals surface area contributed by atoms with Gasteiger partial charge < -0.3 is 10.5 Å². The van der Waals surface area contributed by atoms with Gasteiger partial charge in [-0.15, -0.1) is 23.5 Å². The van der Waals surface area contributed by atoms with Crippen molar-refractivity contribution in [2.45, 2.75) is 12.3 Å². The van der Waals surface area contributed by atoms with E-state index in [0.717, 1.165) is 4.91 Å². The van der Waals surface area contributed by atoms with Gasteiger partial charge in [-0.1, -0.05) is 0 Å². The third kappa shape index (κ3) is 3.77. The van der Waals surface area contributed by atoms with E-state index < -0.39 is 0 Å². The molecular formula is C11H13N3O3S2. The molecule has 0 bridgehead atoms. The van der Waals surface area contributed by atoms with Crippen molar-refractivity contribution < 1.29 is 9.53 Å². The Balaban J connectivity index is 2.02. The van der Waals surface area contributed by atoms with E-state index in [1.54, 1.807) is 28.6 Å². The van der Waals surface area contributed by atoms with Gasteiger partial charge in [0.1, 0.15) is 12.4 Å². The van der Waals surface area contributed by atoms with E-state index in [1.807, 2.05) is 5.41 Å². The summed E-state index contributed by atoms with van der Waals surface area (Å²) in [5.74, 6) is 0.636. The predicted octanol–water partition coefficient (Wildman–Crippen LogP) is 1.21. The highest BCUT2D eigenvalue weighted by Gasteiger charge is 2.19. The van der Waals surface area contributed by atoms with Gasteiger partial charge in [0.25, 0.3) is 0 Å². The summed E-state index contributed by atoms with van der Waals surface area (Å²) in [5.41, 5.74) is 5.10. The molecule has 1 aliphatic rings. The van der Waals surface area contributed by atoms with Gasteiger partial charge in [0, 0.05) is 23.8 Å². The lowest BCUT2D eigenvalue weighted by molar-refractivity contribution is -0.139. The zero-order valence-corrected chi connectivity index (χ0v) is 11.9. The fourth-order valence-corrected chi connectivity index (χ4v) is 3.73. The first kappa shape index (κ1) is 14.0. The minimum absolute atomic E-state index is 0.0216. The van der Waals surface area contributed by atoms with Crippen molar-refractivity contribution in [3.05, 3.63) is 33.1 Å². The highest BCUT2D eigenvalue weighted by atomic mass is 32.2. The lowest BCUT2D eigenvalue weighted by atomic mass is 10.5. The van der Waals surface area contributed by atoms with Gasteiger partial charge in [-0.2, -0.15) is 4.98 Å². The molecule has 0 saturated carbocycles. The SMILES string of the molecule is CC(=O)OCC1=CSC(n2ccc(N)nc2=O)CS1. The van der Waals surface area contributed by atoms with Gasteiger partial charge in [0.2, 0.25) is 0 Å². The first-order valence-corrected chi connectivity index (χ1v) is 7.44. The van der Waals surface area contributed by atoms with Crippen molar-refractivity contribution in [1.82, 2.24) is 9.55 Å². The monoisotopic (exact) mass is 299 g/mol. The number of hydrogen-bond acceptors (Lipinski definition) is 7. The van der Waals surface area contributed by atoms with Crippen LogP contribution in [-0.4, -0.2) is 27.9 Å². The summed E-state index contributed by atoms with van der Waals surface area (Å²) in [4.78, 5) is 27.1. The molecule has 0 spiro atoms. The molecule has 1 unspecified atom stereocenters. The number of esters is 1. The molecule has 0 saturated heterocycles. The Morgan fingerprint density at radius 1 is 1.68 bits per heavy atom. The number of anilines is 1. The highest BCUT2D eigenvalue weighted by Crippen LogP contribution is 2.37. The average molecular weight is 299 g/mol. The third-order valence-corrected chi connectivity index (χ3v) is 4.92. The number of carbonyl (C=O) groups excluding carboxylic acids is 1. The van der Waals surface area contributed by atoms with Crippen molar-refractivity contribution in [3.8, 4) is 0 Å². The van der Waals surface area contributed by atoms with E-state index >= 15 is 0 Å². The summed E-state index contributed by atoms with van der Waals surface area (Å²) in [6.07, 6.45) is 1.65. The second-order valence-corrected chi connectivity index (χ2v) is 6.01. The largest absolute Gasteiger partial charge is 0.460 e. The van der Waals surface area contributed by atoms with Crippen molar-refractivity contribution in [2.24, 2.45) is 0 Å². The minimum atomic E-state index is -0.352.